The van der Waals surface area contributed by atoms with Gasteiger partial charge in [0.1, 0.15) is 5.82 Å². The molecule has 1 saturated carbocycles. The number of amides is 1. The highest BCUT2D eigenvalue weighted by Crippen LogP contribution is 2.32. The SMILES string of the molecule is O=C(CC1CCCC1)N1CCC(c2ccccc2F)S(=O)(=O)CC1. The van der Waals surface area contributed by atoms with Crippen LogP contribution in [0.25, 0.3) is 0 Å². The van der Waals surface area contributed by atoms with Gasteiger partial charge in [0.05, 0.1) is 11.0 Å². The summed E-state index contributed by atoms with van der Waals surface area (Å²) in [5.74, 6) is -0.0922. The molecule has 1 saturated heterocycles. The Labute approximate surface area is 143 Å². The second-order valence-corrected chi connectivity index (χ2v) is 9.20. The topological polar surface area (TPSA) is 54.5 Å². The normalized spacial score (nSPS) is 24.7. The lowest BCUT2D eigenvalue weighted by molar-refractivity contribution is -0.131. The van der Waals surface area contributed by atoms with Crippen LogP contribution in [-0.2, 0) is 14.6 Å². The predicted molar refractivity (Wildman–Crippen MR) is 90.7 cm³/mol. The van der Waals surface area contributed by atoms with Crippen molar-refractivity contribution in [3.05, 3.63) is 35.6 Å². The molecule has 1 aliphatic carbocycles. The van der Waals surface area contributed by atoms with Gasteiger partial charge in [0.2, 0.25) is 5.91 Å². The van der Waals surface area contributed by atoms with E-state index in [9.17, 15) is 17.6 Å². The maximum Gasteiger partial charge on any atom is 0.222 e. The zero-order chi connectivity index (χ0) is 17.2. The molecular formula is C18H24FNO3S. The molecule has 1 aliphatic heterocycles. The number of nitrogens with zero attached hydrogens (tertiary/aromatic N) is 1. The quantitative estimate of drug-likeness (QED) is 0.839. The third kappa shape index (κ3) is 3.79. The summed E-state index contributed by atoms with van der Waals surface area (Å²) in [6.45, 7) is 0.600. The van der Waals surface area contributed by atoms with Gasteiger partial charge in [-0.1, -0.05) is 31.0 Å². The van der Waals surface area contributed by atoms with E-state index in [-0.39, 0.29) is 30.2 Å². The van der Waals surface area contributed by atoms with Gasteiger partial charge in [-0.2, -0.15) is 0 Å². The van der Waals surface area contributed by atoms with Gasteiger partial charge in [-0.25, -0.2) is 12.8 Å². The second-order valence-electron chi connectivity index (χ2n) is 6.90. The van der Waals surface area contributed by atoms with Gasteiger partial charge in [-0.15, -0.1) is 0 Å². The van der Waals surface area contributed by atoms with Gasteiger partial charge in [0.15, 0.2) is 9.84 Å². The fraction of sp³-hybridized carbons (Fsp3) is 0.611. The van der Waals surface area contributed by atoms with E-state index in [1.165, 1.54) is 25.0 Å². The van der Waals surface area contributed by atoms with Crippen LogP contribution in [0.15, 0.2) is 24.3 Å². The molecular weight excluding hydrogens is 329 g/mol. The summed E-state index contributed by atoms with van der Waals surface area (Å²) in [6, 6.07) is 6.04. The number of hydrogen-bond acceptors (Lipinski definition) is 3. The monoisotopic (exact) mass is 353 g/mol. The van der Waals surface area contributed by atoms with Crippen molar-refractivity contribution in [1.29, 1.82) is 0 Å². The molecule has 0 bridgehead atoms. The zero-order valence-electron chi connectivity index (χ0n) is 13.8. The zero-order valence-corrected chi connectivity index (χ0v) is 14.6. The van der Waals surface area contributed by atoms with Crippen molar-refractivity contribution in [2.45, 2.75) is 43.8 Å². The molecule has 3 rings (SSSR count). The van der Waals surface area contributed by atoms with Crippen molar-refractivity contribution in [2.24, 2.45) is 5.92 Å². The van der Waals surface area contributed by atoms with E-state index < -0.39 is 20.9 Å². The average Bonchev–Trinajstić information content (AvgIpc) is 2.98. The van der Waals surface area contributed by atoms with E-state index in [0.717, 1.165) is 12.8 Å². The highest BCUT2D eigenvalue weighted by atomic mass is 32.2. The van der Waals surface area contributed by atoms with E-state index in [0.29, 0.717) is 18.9 Å². The molecule has 2 fully saturated rings. The van der Waals surface area contributed by atoms with E-state index in [2.05, 4.69) is 0 Å². The second kappa shape index (κ2) is 7.21. The van der Waals surface area contributed by atoms with Crippen LogP contribution in [0.2, 0.25) is 0 Å². The van der Waals surface area contributed by atoms with Crippen LogP contribution in [0.4, 0.5) is 4.39 Å². The molecule has 1 amide bonds. The van der Waals surface area contributed by atoms with E-state index >= 15 is 0 Å². The van der Waals surface area contributed by atoms with Crippen molar-refractivity contribution in [1.82, 2.24) is 4.90 Å². The first-order chi connectivity index (χ1) is 11.5. The Morgan fingerprint density at radius 2 is 1.83 bits per heavy atom. The minimum atomic E-state index is -3.46. The average molecular weight is 353 g/mol. The van der Waals surface area contributed by atoms with Crippen LogP contribution in [-0.4, -0.2) is 38.1 Å². The molecule has 132 valence electrons. The van der Waals surface area contributed by atoms with Crippen LogP contribution in [0.3, 0.4) is 0 Å². The Morgan fingerprint density at radius 3 is 2.54 bits per heavy atom. The molecule has 24 heavy (non-hydrogen) atoms. The lowest BCUT2D eigenvalue weighted by Crippen LogP contribution is -2.34. The molecule has 1 atom stereocenters. The van der Waals surface area contributed by atoms with Gasteiger partial charge < -0.3 is 4.90 Å². The first kappa shape index (κ1) is 17.4. The highest BCUT2D eigenvalue weighted by Gasteiger charge is 2.34. The van der Waals surface area contributed by atoms with Crippen molar-refractivity contribution in [3.63, 3.8) is 0 Å². The Kier molecular flexibility index (Phi) is 5.23. The summed E-state index contributed by atoms with van der Waals surface area (Å²) in [7, 11) is -3.46. The molecule has 1 unspecified atom stereocenters. The Bertz CT molecular complexity index is 698. The molecule has 4 nitrogen and oxygen atoms in total. The smallest absolute Gasteiger partial charge is 0.222 e. The molecule has 1 aromatic carbocycles. The van der Waals surface area contributed by atoms with Crippen molar-refractivity contribution in [3.8, 4) is 0 Å². The summed E-state index contributed by atoms with van der Waals surface area (Å²) in [5, 5.41) is -0.858. The molecule has 6 heteroatoms. The van der Waals surface area contributed by atoms with Crippen molar-refractivity contribution in [2.75, 3.05) is 18.8 Å². The summed E-state index contributed by atoms with van der Waals surface area (Å²) >= 11 is 0. The molecule has 0 N–H and O–H groups in total. The third-order valence-corrected chi connectivity index (χ3v) is 7.39. The van der Waals surface area contributed by atoms with E-state index in [4.69, 9.17) is 0 Å². The molecule has 1 heterocycles. The highest BCUT2D eigenvalue weighted by molar-refractivity contribution is 7.91. The first-order valence-electron chi connectivity index (χ1n) is 8.71. The number of carbonyl (C=O) groups excluding carboxylic acids is 1. The number of carbonyl (C=O) groups is 1. The number of hydrogen-bond donors (Lipinski definition) is 0. The van der Waals surface area contributed by atoms with E-state index in [1.807, 2.05) is 0 Å². The Hall–Kier alpha value is -1.43. The predicted octanol–water partition coefficient (Wildman–Crippen LogP) is 3.09. The number of sulfone groups is 1. The largest absolute Gasteiger partial charge is 0.342 e. The van der Waals surface area contributed by atoms with Gasteiger partial charge >= 0.3 is 0 Å². The van der Waals surface area contributed by atoms with Gasteiger partial charge in [-0.3, -0.25) is 4.79 Å². The van der Waals surface area contributed by atoms with Gasteiger partial charge in [0.25, 0.3) is 0 Å². The summed E-state index contributed by atoms with van der Waals surface area (Å²) in [5.41, 5.74) is 0.225. The lowest BCUT2D eigenvalue weighted by Gasteiger charge is -2.21. The van der Waals surface area contributed by atoms with Crippen molar-refractivity contribution >= 4 is 15.7 Å². The van der Waals surface area contributed by atoms with Crippen LogP contribution in [0.5, 0.6) is 0 Å². The maximum absolute atomic E-state index is 14.0. The Morgan fingerprint density at radius 1 is 1.12 bits per heavy atom. The van der Waals surface area contributed by atoms with Crippen LogP contribution < -0.4 is 0 Å². The summed E-state index contributed by atoms with van der Waals surface area (Å²) in [4.78, 5) is 14.1. The lowest BCUT2D eigenvalue weighted by atomic mass is 10.0. The summed E-state index contributed by atoms with van der Waals surface area (Å²) in [6.07, 6.45) is 5.33. The molecule has 2 aliphatic rings. The fourth-order valence-corrected chi connectivity index (χ4v) is 5.67. The first-order valence-corrected chi connectivity index (χ1v) is 10.4. The van der Waals surface area contributed by atoms with Gasteiger partial charge in [0, 0.05) is 25.1 Å². The van der Waals surface area contributed by atoms with E-state index in [1.54, 1.807) is 17.0 Å². The number of benzene rings is 1. The standard InChI is InChI=1S/C18H24FNO3S/c19-16-8-4-3-7-15(16)17-9-10-20(11-12-24(17,22)23)18(21)13-14-5-1-2-6-14/h3-4,7-8,14,17H,1-2,5-6,9-13H2. The molecule has 0 aromatic heterocycles. The molecule has 1 aromatic rings. The minimum absolute atomic E-state index is 0.0475. The Balaban J connectivity index is 1.72. The summed E-state index contributed by atoms with van der Waals surface area (Å²) < 4.78 is 39.2. The van der Waals surface area contributed by atoms with Gasteiger partial charge in [-0.05, 0) is 31.2 Å². The third-order valence-electron chi connectivity index (χ3n) is 5.28. The number of halogens is 1. The molecule has 0 spiro atoms. The molecule has 0 radical (unpaired) electrons. The fourth-order valence-electron chi connectivity index (χ4n) is 3.87. The van der Waals surface area contributed by atoms with Crippen molar-refractivity contribution < 1.29 is 17.6 Å². The number of rotatable bonds is 3. The van der Waals surface area contributed by atoms with Crippen LogP contribution in [0, 0.1) is 11.7 Å². The van der Waals surface area contributed by atoms with Crippen LogP contribution >= 0.6 is 0 Å². The van der Waals surface area contributed by atoms with Crippen LogP contribution in [0.1, 0.15) is 49.3 Å². The maximum atomic E-state index is 14.0. The minimum Gasteiger partial charge on any atom is -0.342 e.